The molecule has 3 aliphatic rings. The van der Waals surface area contributed by atoms with Gasteiger partial charge in [-0.1, -0.05) is 26.7 Å². The third-order valence-electron chi connectivity index (χ3n) is 6.69. The van der Waals surface area contributed by atoms with Crippen LogP contribution in [-0.2, 0) is 4.79 Å². The van der Waals surface area contributed by atoms with E-state index in [1.807, 2.05) is 0 Å². The van der Waals surface area contributed by atoms with Gasteiger partial charge in [0, 0.05) is 31.1 Å². The van der Waals surface area contributed by atoms with Gasteiger partial charge < -0.3 is 15.5 Å². The lowest BCUT2D eigenvalue weighted by Gasteiger charge is -2.34. The number of amides is 1. The van der Waals surface area contributed by atoms with E-state index in [4.69, 9.17) is 0 Å². The molecule has 3 fully saturated rings. The number of nitrogens with one attached hydrogen (secondary N) is 2. The number of carbonyl (C=O) groups excluding carboxylic acids is 1. The molecular weight excluding hydrogens is 286 g/mol. The van der Waals surface area contributed by atoms with E-state index in [1.165, 1.54) is 32.1 Å². The second-order valence-corrected chi connectivity index (χ2v) is 7.82. The molecule has 2 aliphatic carbocycles. The van der Waals surface area contributed by atoms with Gasteiger partial charge in [-0.15, -0.1) is 0 Å². The van der Waals surface area contributed by atoms with Crippen LogP contribution < -0.4 is 10.6 Å². The van der Waals surface area contributed by atoms with Gasteiger partial charge in [0.05, 0.1) is 0 Å². The molecule has 5 unspecified atom stereocenters. The molecule has 2 saturated carbocycles. The van der Waals surface area contributed by atoms with Crippen LogP contribution >= 0.6 is 0 Å². The quantitative estimate of drug-likeness (QED) is 0.789. The average molecular weight is 322 g/mol. The Morgan fingerprint density at radius 1 is 1.04 bits per heavy atom. The number of hydrogen-bond donors (Lipinski definition) is 2. The first-order valence-electron chi connectivity index (χ1n) is 9.99. The predicted molar refractivity (Wildman–Crippen MR) is 94.3 cm³/mol. The molecule has 132 valence electrons. The van der Waals surface area contributed by atoms with E-state index < -0.39 is 0 Å². The third kappa shape index (κ3) is 3.90. The molecule has 4 heteroatoms. The second-order valence-electron chi connectivity index (χ2n) is 7.82. The van der Waals surface area contributed by atoms with Crippen LogP contribution in [0.4, 0.5) is 0 Å². The maximum absolute atomic E-state index is 12.6. The topological polar surface area (TPSA) is 44.4 Å². The van der Waals surface area contributed by atoms with E-state index in [0.717, 1.165) is 56.9 Å². The molecule has 3 rings (SSSR count). The van der Waals surface area contributed by atoms with Crippen LogP contribution in [0.2, 0.25) is 0 Å². The minimum absolute atomic E-state index is 0.260. The molecule has 1 aliphatic heterocycles. The molecule has 0 radical (unpaired) electrons. The molecule has 1 amide bonds. The van der Waals surface area contributed by atoms with Crippen LogP contribution in [-0.4, -0.2) is 49.1 Å². The summed E-state index contributed by atoms with van der Waals surface area (Å²) in [5, 5.41) is 7.09. The first-order chi connectivity index (χ1) is 11.2. The molecule has 0 spiro atoms. The van der Waals surface area contributed by atoms with Gasteiger partial charge in [-0.25, -0.2) is 0 Å². The molecule has 4 nitrogen and oxygen atoms in total. The Morgan fingerprint density at radius 2 is 1.78 bits per heavy atom. The number of likely N-dealkylation sites (N-methyl/N-ethyl adjacent to an activating group) is 1. The number of rotatable bonds is 6. The fraction of sp³-hybridized carbons (Fsp3) is 0.947. The smallest absolute Gasteiger partial charge is 0.223 e. The van der Waals surface area contributed by atoms with Crippen molar-refractivity contribution in [3.63, 3.8) is 0 Å². The monoisotopic (exact) mass is 321 g/mol. The molecule has 5 atom stereocenters. The van der Waals surface area contributed by atoms with Gasteiger partial charge in [-0.3, -0.25) is 4.79 Å². The fourth-order valence-corrected chi connectivity index (χ4v) is 5.30. The summed E-state index contributed by atoms with van der Waals surface area (Å²) in [5.41, 5.74) is 0. The van der Waals surface area contributed by atoms with Gasteiger partial charge in [0.15, 0.2) is 0 Å². The number of hydrogen-bond acceptors (Lipinski definition) is 3. The highest BCUT2D eigenvalue weighted by Gasteiger charge is 2.47. The van der Waals surface area contributed by atoms with Gasteiger partial charge in [0.25, 0.3) is 0 Å². The average Bonchev–Trinajstić information content (AvgIpc) is 2.96. The molecule has 2 N–H and O–H groups in total. The normalized spacial score (nSPS) is 36.6. The van der Waals surface area contributed by atoms with Crippen LogP contribution in [0.25, 0.3) is 0 Å². The van der Waals surface area contributed by atoms with Gasteiger partial charge in [-0.05, 0) is 57.0 Å². The lowest BCUT2D eigenvalue weighted by Crippen LogP contribution is -2.42. The summed E-state index contributed by atoms with van der Waals surface area (Å²) in [7, 11) is 0. The molecule has 23 heavy (non-hydrogen) atoms. The van der Waals surface area contributed by atoms with E-state index in [0.29, 0.717) is 11.9 Å². The minimum Gasteiger partial charge on any atom is -0.355 e. The number of nitrogens with zero attached hydrogens (tertiary/aromatic N) is 1. The highest BCUT2D eigenvalue weighted by atomic mass is 16.1. The van der Waals surface area contributed by atoms with Crippen molar-refractivity contribution in [1.29, 1.82) is 0 Å². The van der Waals surface area contributed by atoms with Crippen molar-refractivity contribution in [2.75, 3.05) is 26.2 Å². The minimum atomic E-state index is 0.260. The summed E-state index contributed by atoms with van der Waals surface area (Å²) >= 11 is 0. The van der Waals surface area contributed by atoms with Gasteiger partial charge in [0.1, 0.15) is 0 Å². The SMILES string of the molecule is CCN(CC)CCNC(=O)C1CCC2NC3CCCCC3C2C1. The van der Waals surface area contributed by atoms with Crippen LogP contribution in [0.5, 0.6) is 0 Å². The molecular formula is C19H35N3O. The Labute approximate surface area is 141 Å². The largest absolute Gasteiger partial charge is 0.355 e. The summed E-state index contributed by atoms with van der Waals surface area (Å²) in [6.45, 7) is 8.27. The van der Waals surface area contributed by atoms with Crippen molar-refractivity contribution in [3.8, 4) is 0 Å². The zero-order valence-corrected chi connectivity index (χ0v) is 15.0. The van der Waals surface area contributed by atoms with Crippen LogP contribution in [0.3, 0.4) is 0 Å². The molecule has 0 aromatic carbocycles. The van der Waals surface area contributed by atoms with Gasteiger partial charge in [0.2, 0.25) is 5.91 Å². The Kier molecular flexibility index (Phi) is 5.97. The Hall–Kier alpha value is -0.610. The number of carbonyl (C=O) groups is 1. The lowest BCUT2D eigenvalue weighted by molar-refractivity contribution is -0.126. The summed E-state index contributed by atoms with van der Waals surface area (Å²) in [6.07, 6.45) is 8.93. The zero-order chi connectivity index (χ0) is 16.2. The first kappa shape index (κ1) is 17.2. The standard InChI is InChI=1S/C19H35N3O/c1-3-22(4-2)12-11-20-19(23)14-9-10-18-16(13-14)15-7-5-6-8-17(15)21-18/h14-18,21H,3-13H2,1-2H3,(H,20,23). The molecule has 1 saturated heterocycles. The maximum Gasteiger partial charge on any atom is 0.223 e. The first-order valence-corrected chi connectivity index (χ1v) is 9.99. The second kappa shape index (κ2) is 7.98. The summed E-state index contributed by atoms with van der Waals surface area (Å²) in [6, 6.07) is 1.45. The Balaban J connectivity index is 1.47. The van der Waals surface area contributed by atoms with Crippen molar-refractivity contribution in [2.45, 2.75) is 70.9 Å². The van der Waals surface area contributed by atoms with Crippen LogP contribution in [0.1, 0.15) is 58.8 Å². The van der Waals surface area contributed by atoms with Crippen LogP contribution in [0.15, 0.2) is 0 Å². The highest BCUT2D eigenvalue weighted by Crippen LogP contribution is 2.45. The van der Waals surface area contributed by atoms with E-state index in [2.05, 4.69) is 29.4 Å². The van der Waals surface area contributed by atoms with E-state index >= 15 is 0 Å². The maximum atomic E-state index is 12.6. The van der Waals surface area contributed by atoms with Gasteiger partial charge >= 0.3 is 0 Å². The third-order valence-corrected chi connectivity index (χ3v) is 6.69. The van der Waals surface area contributed by atoms with Crippen molar-refractivity contribution in [2.24, 2.45) is 17.8 Å². The van der Waals surface area contributed by atoms with Crippen molar-refractivity contribution in [3.05, 3.63) is 0 Å². The van der Waals surface area contributed by atoms with E-state index in [9.17, 15) is 4.79 Å². The molecule has 0 aromatic heterocycles. The predicted octanol–water partition coefficient (Wildman–Crippen LogP) is 2.39. The van der Waals surface area contributed by atoms with E-state index in [-0.39, 0.29) is 5.92 Å². The molecule has 0 bridgehead atoms. The summed E-state index contributed by atoms with van der Waals surface area (Å²) in [4.78, 5) is 14.9. The van der Waals surface area contributed by atoms with Gasteiger partial charge in [-0.2, -0.15) is 0 Å². The van der Waals surface area contributed by atoms with Crippen LogP contribution in [0, 0.1) is 17.8 Å². The van der Waals surface area contributed by atoms with Crippen molar-refractivity contribution in [1.82, 2.24) is 15.5 Å². The molecule has 0 aromatic rings. The zero-order valence-electron chi connectivity index (χ0n) is 15.0. The Bertz CT molecular complexity index is 396. The summed E-state index contributed by atoms with van der Waals surface area (Å²) in [5.74, 6) is 2.18. The lowest BCUT2D eigenvalue weighted by atomic mass is 9.70. The van der Waals surface area contributed by atoms with Crippen molar-refractivity contribution >= 4 is 5.91 Å². The summed E-state index contributed by atoms with van der Waals surface area (Å²) < 4.78 is 0. The van der Waals surface area contributed by atoms with E-state index in [1.54, 1.807) is 0 Å². The molecule has 1 heterocycles. The number of fused-ring (bicyclic) bond motifs is 3. The highest BCUT2D eigenvalue weighted by molar-refractivity contribution is 5.78. The Morgan fingerprint density at radius 3 is 2.57 bits per heavy atom. The van der Waals surface area contributed by atoms with Crippen molar-refractivity contribution < 1.29 is 4.79 Å². The fourth-order valence-electron chi connectivity index (χ4n) is 5.30.